The third-order valence-corrected chi connectivity index (χ3v) is 1.13. The molecule has 8 heavy (non-hydrogen) atoms. The summed E-state index contributed by atoms with van der Waals surface area (Å²) in [6.45, 7) is 2.81. The smallest absolute Gasteiger partial charge is 0.0565 e. The van der Waals surface area contributed by atoms with Crippen molar-refractivity contribution < 1.29 is 9.47 Å². The molecule has 0 aromatic heterocycles. The van der Waals surface area contributed by atoms with Crippen LogP contribution in [0.2, 0.25) is 0 Å². The van der Waals surface area contributed by atoms with Gasteiger partial charge in [-0.3, -0.25) is 0 Å². The normalized spacial score (nSPS) is 13.9. The molecular formula is C6H14O2. The van der Waals surface area contributed by atoms with Crippen LogP contribution in [0.3, 0.4) is 0 Å². The fourth-order valence-electron chi connectivity index (χ4n) is 0.402. The van der Waals surface area contributed by atoms with E-state index in [4.69, 9.17) is 9.47 Å². The van der Waals surface area contributed by atoms with Gasteiger partial charge in [-0.1, -0.05) is 0 Å². The molecule has 0 heterocycles. The van der Waals surface area contributed by atoms with Gasteiger partial charge in [0, 0.05) is 20.8 Å². The van der Waals surface area contributed by atoms with Crippen molar-refractivity contribution in [2.24, 2.45) is 0 Å². The van der Waals surface area contributed by atoms with Gasteiger partial charge in [-0.05, 0) is 13.3 Å². The van der Waals surface area contributed by atoms with Crippen LogP contribution in [0, 0.1) is 0 Å². The van der Waals surface area contributed by atoms with E-state index >= 15 is 0 Å². The summed E-state index contributed by atoms with van der Waals surface area (Å²) in [5.74, 6) is 0. The van der Waals surface area contributed by atoms with Crippen molar-refractivity contribution in [3.8, 4) is 0 Å². The van der Waals surface area contributed by atoms with E-state index in [0.717, 1.165) is 13.0 Å². The van der Waals surface area contributed by atoms with Gasteiger partial charge in [0.25, 0.3) is 0 Å². The van der Waals surface area contributed by atoms with Crippen LogP contribution >= 0.6 is 0 Å². The van der Waals surface area contributed by atoms with Crippen molar-refractivity contribution in [3.05, 3.63) is 0 Å². The third kappa shape index (κ3) is 4.09. The van der Waals surface area contributed by atoms with Gasteiger partial charge in [-0.15, -0.1) is 0 Å². The minimum atomic E-state index is 0.329. The molecule has 0 saturated heterocycles. The first-order valence-corrected chi connectivity index (χ1v) is 2.83. The average Bonchev–Trinajstić information content (AvgIpc) is 1.83. The van der Waals surface area contributed by atoms with Gasteiger partial charge in [0.05, 0.1) is 6.10 Å². The standard InChI is InChI=1S/C6H14O2/c1-6(8-3)4-5-7-2/h6H,4-5H2,1-3H3/t6-/m0/s1. The first-order valence-electron chi connectivity index (χ1n) is 2.83. The third-order valence-electron chi connectivity index (χ3n) is 1.13. The molecule has 0 aliphatic heterocycles. The molecule has 2 nitrogen and oxygen atoms in total. The highest BCUT2D eigenvalue weighted by molar-refractivity contribution is 4.45. The van der Waals surface area contributed by atoms with Crippen LogP contribution < -0.4 is 0 Å². The lowest BCUT2D eigenvalue weighted by Crippen LogP contribution is -2.07. The molecule has 0 aromatic carbocycles. The maximum absolute atomic E-state index is 4.97. The molecule has 0 aliphatic carbocycles. The Kier molecular flexibility index (Phi) is 5.01. The van der Waals surface area contributed by atoms with Gasteiger partial charge in [-0.2, -0.15) is 0 Å². The molecule has 0 aliphatic rings. The Balaban J connectivity index is 2.86. The summed E-state index contributed by atoms with van der Waals surface area (Å²) in [7, 11) is 3.41. The average molecular weight is 118 g/mol. The number of methoxy groups -OCH3 is 2. The first-order chi connectivity index (χ1) is 3.81. The van der Waals surface area contributed by atoms with Crippen molar-refractivity contribution in [3.63, 3.8) is 0 Å². The van der Waals surface area contributed by atoms with Crippen LogP contribution in [-0.2, 0) is 9.47 Å². The highest BCUT2D eigenvalue weighted by atomic mass is 16.5. The Hall–Kier alpha value is -0.0800. The lowest BCUT2D eigenvalue weighted by molar-refractivity contribution is 0.0789. The summed E-state index contributed by atoms with van der Waals surface area (Å²) in [5.41, 5.74) is 0. The van der Waals surface area contributed by atoms with Crippen LogP contribution in [-0.4, -0.2) is 26.9 Å². The maximum Gasteiger partial charge on any atom is 0.0565 e. The van der Waals surface area contributed by atoms with E-state index in [9.17, 15) is 0 Å². The fourth-order valence-corrected chi connectivity index (χ4v) is 0.402. The van der Waals surface area contributed by atoms with E-state index in [1.165, 1.54) is 0 Å². The number of ether oxygens (including phenoxy) is 2. The highest BCUT2D eigenvalue weighted by Gasteiger charge is 1.95. The Morgan fingerprint density at radius 3 is 2.38 bits per heavy atom. The topological polar surface area (TPSA) is 18.5 Å². The largest absolute Gasteiger partial charge is 0.385 e. The Bertz CT molecular complexity index is 45.8. The fraction of sp³-hybridized carbons (Fsp3) is 1.00. The predicted octanol–water partition coefficient (Wildman–Crippen LogP) is 1.06. The second-order valence-corrected chi connectivity index (χ2v) is 1.83. The molecule has 0 N–H and O–H groups in total. The monoisotopic (exact) mass is 118 g/mol. The summed E-state index contributed by atoms with van der Waals surface area (Å²) in [4.78, 5) is 0. The second-order valence-electron chi connectivity index (χ2n) is 1.83. The Labute approximate surface area is 50.8 Å². The van der Waals surface area contributed by atoms with E-state index in [1.807, 2.05) is 6.92 Å². The molecule has 0 spiro atoms. The zero-order valence-electron chi connectivity index (χ0n) is 5.81. The van der Waals surface area contributed by atoms with Crippen LogP contribution in [0.15, 0.2) is 0 Å². The van der Waals surface area contributed by atoms with Gasteiger partial charge >= 0.3 is 0 Å². The second kappa shape index (κ2) is 5.06. The zero-order valence-corrected chi connectivity index (χ0v) is 5.81. The summed E-state index contributed by atoms with van der Waals surface area (Å²) < 4.78 is 9.81. The molecule has 0 saturated carbocycles. The maximum atomic E-state index is 4.97. The highest BCUT2D eigenvalue weighted by Crippen LogP contribution is 1.93. The molecule has 2 heteroatoms. The molecule has 0 bridgehead atoms. The Morgan fingerprint density at radius 2 is 2.00 bits per heavy atom. The SMILES string of the molecule is COCC[C@H](C)OC. The molecule has 0 rings (SSSR count). The van der Waals surface area contributed by atoms with Crippen molar-refractivity contribution in [2.45, 2.75) is 19.4 Å². The molecule has 0 amide bonds. The minimum Gasteiger partial charge on any atom is -0.385 e. The van der Waals surface area contributed by atoms with E-state index < -0.39 is 0 Å². The van der Waals surface area contributed by atoms with Gasteiger partial charge < -0.3 is 9.47 Å². The van der Waals surface area contributed by atoms with E-state index in [1.54, 1.807) is 14.2 Å². The Morgan fingerprint density at radius 1 is 1.38 bits per heavy atom. The van der Waals surface area contributed by atoms with Crippen molar-refractivity contribution >= 4 is 0 Å². The van der Waals surface area contributed by atoms with Crippen molar-refractivity contribution in [1.29, 1.82) is 0 Å². The quantitative estimate of drug-likeness (QED) is 0.549. The molecule has 0 radical (unpaired) electrons. The summed E-state index contributed by atoms with van der Waals surface area (Å²) in [6.07, 6.45) is 1.31. The molecule has 0 unspecified atom stereocenters. The van der Waals surface area contributed by atoms with Gasteiger partial charge in [0.1, 0.15) is 0 Å². The van der Waals surface area contributed by atoms with Gasteiger partial charge in [-0.25, -0.2) is 0 Å². The lowest BCUT2D eigenvalue weighted by atomic mass is 10.3. The van der Waals surface area contributed by atoms with E-state index in [0.29, 0.717) is 6.10 Å². The molecule has 50 valence electrons. The molecular weight excluding hydrogens is 104 g/mol. The van der Waals surface area contributed by atoms with Crippen molar-refractivity contribution in [1.82, 2.24) is 0 Å². The lowest BCUT2D eigenvalue weighted by Gasteiger charge is -2.06. The summed E-state index contributed by atoms with van der Waals surface area (Å²) in [5, 5.41) is 0. The van der Waals surface area contributed by atoms with Crippen LogP contribution in [0.4, 0.5) is 0 Å². The molecule has 0 fully saturated rings. The minimum absolute atomic E-state index is 0.329. The zero-order chi connectivity index (χ0) is 6.41. The summed E-state index contributed by atoms with van der Waals surface area (Å²) >= 11 is 0. The number of hydrogen-bond donors (Lipinski definition) is 0. The van der Waals surface area contributed by atoms with E-state index in [2.05, 4.69) is 0 Å². The summed E-state index contributed by atoms with van der Waals surface area (Å²) in [6, 6.07) is 0. The van der Waals surface area contributed by atoms with Crippen molar-refractivity contribution in [2.75, 3.05) is 20.8 Å². The molecule has 0 aromatic rings. The molecule has 1 atom stereocenters. The first kappa shape index (κ1) is 7.92. The predicted molar refractivity (Wildman–Crippen MR) is 33.0 cm³/mol. The van der Waals surface area contributed by atoms with E-state index in [-0.39, 0.29) is 0 Å². The van der Waals surface area contributed by atoms with Gasteiger partial charge in [0.2, 0.25) is 0 Å². The van der Waals surface area contributed by atoms with Crippen LogP contribution in [0.5, 0.6) is 0 Å². The van der Waals surface area contributed by atoms with Gasteiger partial charge in [0.15, 0.2) is 0 Å². The van der Waals surface area contributed by atoms with Crippen LogP contribution in [0.1, 0.15) is 13.3 Å². The number of rotatable bonds is 4. The number of hydrogen-bond acceptors (Lipinski definition) is 2. The van der Waals surface area contributed by atoms with Crippen LogP contribution in [0.25, 0.3) is 0 Å².